The third-order valence-corrected chi connectivity index (χ3v) is 2.98. The van der Waals surface area contributed by atoms with E-state index in [4.69, 9.17) is 4.74 Å². The van der Waals surface area contributed by atoms with Gasteiger partial charge in [-0.05, 0) is 18.9 Å². The molecule has 7 heteroatoms. The first-order valence-electron chi connectivity index (χ1n) is 7.56. The van der Waals surface area contributed by atoms with Crippen molar-refractivity contribution in [3.05, 3.63) is 48.0 Å². The molecule has 0 spiro atoms. The second-order valence-corrected chi connectivity index (χ2v) is 4.88. The van der Waals surface area contributed by atoms with E-state index < -0.39 is 18.0 Å². The number of urea groups is 1. The molecule has 0 unspecified atom stereocenters. The molecule has 1 atom stereocenters. The number of methoxy groups -OCH3 is 1. The third-order valence-electron chi connectivity index (χ3n) is 2.98. The van der Waals surface area contributed by atoms with Gasteiger partial charge in [0, 0.05) is 18.7 Å². The average Bonchev–Trinajstić information content (AvgIpc) is 2.58. The molecule has 1 aromatic carbocycles. The van der Waals surface area contributed by atoms with Crippen LogP contribution in [0.15, 0.2) is 42.5 Å². The van der Waals surface area contributed by atoms with Crippen LogP contribution in [0.4, 0.5) is 4.79 Å². The second kappa shape index (κ2) is 10.8. The van der Waals surface area contributed by atoms with Crippen LogP contribution in [0.25, 0.3) is 0 Å². The summed E-state index contributed by atoms with van der Waals surface area (Å²) in [5.41, 5.74) is 1.00. The number of benzene rings is 1. The maximum Gasteiger partial charge on any atom is 0.331 e. The number of carbonyl (C=O) groups excluding carboxylic acids is 3. The number of esters is 2. The van der Waals surface area contributed by atoms with Crippen LogP contribution < -0.4 is 10.6 Å². The number of carbonyl (C=O) groups is 3. The van der Waals surface area contributed by atoms with Crippen LogP contribution >= 0.6 is 0 Å². The van der Waals surface area contributed by atoms with Gasteiger partial charge in [-0.15, -0.1) is 0 Å². The van der Waals surface area contributed by atoms with Gasteiger partial charge in [-0.2, -0.15) is 0 Å². The SMILES string of the molecule is CCNC(=O)N[C@H](COC(=O)/C=C/C(=O)OC)Cc1ccccc1. The van der Waals surface area contributed by atoms with Crippen molar-refractivity contribution in [2.75, 3.05) is 20.3 Å². The zero-order valence-electron chi connectivity index (χ0n) is 13.8. The molecule has 0 aromatic heterocycles. The van der Waals surface area contributed by atoms with E-state index in [1.54, 1.807) is 0 Å². The Hall–Kier alpha value is -2.83. The van der Waals surface area contributed by atoms with Crippen LogP contribution in [0.2, 0.25) is 0 Å². The van der Waals surface area contributed by atoms with Crippen LogP contribution in [-0.2, 0) is 25.5 Å². The van der Waals surface area contributed by atoms with Crippen LogP contribution in [0.5, 0.6) is 0 Å². The molecule has 0 aliphatic rings. The topological polar surface area (TPSA) is 93.7 Å². The van der Waals surface area contributed by atoms with E-state index in [9.17, 15) is 14.4 Å². The summed E-state index contributed by atoms with van der Waals surface area (Å²) in [5, 5.41) is 5.39. The summed E-state index contributed by atoms with van der Waals surface area (Å²) in [6.07, 6.45) is 2.47. The molecule has 130 valence electrons. The number of rotatable bonds is 8. The first-order chi connectivity index (χ1) is 11.5. The highest BCUT2D eigenvalue weighted by Gasteiger charge is 2.14. The van der Waals surface area contributed by atoms with Gasteiger partial charge in [0.1, 0.15) is 6.61 Å². The fraction of sp³-hybridized carbons (Fsp3) is 0.353. The van der Waals surface area contributed by atoms with Crippen molar-refractivity contribution < 1.29 is 23.9 Å². The molecule has 0 bridgehead atoms. The van der Waals surface area contributed by atoms with Gasteiger partial charge in [0.2, 0.25) is 0 Å². The summed E-state index contributed by atoms with van der Waals surface area (Å²) in [5.74, 6) is -1.33. The molecule has 1 aromatic rings. The van der Waals surface area contributed by atoms with Crippen molar-refractivity contribution in [2.24, 2.45) is 0 Å². The summed E-state index contributed by atoms with van der Waals surface area (Å²) >= 11 is 0. The van der Waals surface area contributed by atoms with Crippen molar-refractivity contribution in [3.8, 4) is 0 Å². The predicted molar refractivity (Wildman–Crippen MR) is 88.3 cm³/mol. The van der Waals surface area contributed by atoms with Crippen molar-refractivity contribution in [3.63, 3.8) is 0 Å². The zero-order chi connectivity index (χ0) is 17.8. The normalized spacial score (nSPS) is 11.6. The lowest BCUT2D eigenvalue weighted by atomic mass is 10.1. The molecule has 0 aliphatic heterocycles. The van der Waals surface area contributed by atoms with Gasteiger partial charge in [0.25, 0.3) is 0 Å². The van der Waals surface area contributed by atoms with Crippen molar-refractivity contribution in [1.82, 2.24) is 10.6 Å². The predicted octanol–water partition coefficient (Wildman–Crippen LogP) is 1.19. The molecular formula is C17H22N2O5. The van der Waals surface area contributed by atoms with Gasteiger partial charge in [-0.25, -0.2) is 14.4 Å². The Labute approximate surface area is 141 Å². The van der Waals surface area contributed by atoms with E-state index in [1.807, 2.05) is 37.3 Å². The molecule has 0 saturated carbocycles. The molecule has 2 N–H and O–H groups in total. The minimum atomic E-state index is -0.684. The summed E-state index contributed by atoms with van der Waals surface area (Å²) in [7, 11) is 1.21. The second-order valence-electron chi connectivity index (χ2n) is 4.88. The van der Waals surface area contributed by atoms with Crippen molar-refractivity contribution in [2.45, 2.75) is 19.4 Å². The van der Waals surface area contributed by atoms with E-state index in [-0.39, 0.29) is 12.6 Å². The van der Waals surface area contributed by atoms with Crippen molar-refractivity contribution in [1.29, 1.82) is 0 Å². The van der Waals surface area contributed by atoms with Crippen molar-refractivity contribution >= 4 is 18.0 Å². The molecule has 0 radical (unpaired) electrons. The van der Waals surface area contributed by atoms with Crippen LogP contribution in [0.1, 0.15) is 12.5 Å². The molecular weight excluding hydrogens is 312 g/mol. The number of ether oxygens (including phenoxy) is 2. The Bertz CT molecular complexity index is 572. The average molecular weight is 334 g/mol. The first kappa shape index (κ1) is 19.2. The van der Waals surface area contributed by atoms with Gasteiger partial charge in [0.05, 0.1) is 13.2 Å². The summed E-state index contributed by atoms with van der Waals surface area (Å²) in [4.78, 5) is 34.2. The van der Waals surface area contributed by atoms with Crippen LogP contribution in [0.3, 0.4) is 0 Å². The minimum Gasteiger partial charge on any atom is -0.466 e. The summed E-state index contributed by atoms with van der Waals surface area (Å²) in [6.45, 7) is 2.28. The van der Waals surface area contributed by atoms with Gasteiger partial charge in [-0.1, -0.05) is 30.3 Å². The Morgan fingerprint density at radius 2 is 1.79 bits per heavy atom. The zero-order valence-corrected chi connectivity index (χ0v) is 13.8. The van der Waals surface area contributed by atoms with Gasteiger partial charge < -0.3 is 20.1 Å². The first-order valence-corrected chi connectivity index (χ1v) is 7.56. The Morgan fingerprint density at radius 1 is 1.12 bits per heavy atom. The third kappa shape index (κ3) is 7.98. The fourth-order valence-corrected chi connectivity index (χ4v) is 1.88. The lowest BCUT2D eigenvalue weighted by Gasteiger charge is -2.18. The lowest BCUT2D eigenvalue weighted by molar-refractivity contribution is -0.139. The van der Waals surface area contributed by atoms with E-state index in [1.165, 1.54) is 7.11 Å². The highest BCUT2D eigenvalue weighted by molar-refractivity contribution is 5.91. The molecule has 0 aliphatic carbocycles. The standard InChI is InChI=1S/C17H22N2O5/c1-3-18-17(22)19-14(11-13-7-5-4-6-8-13)12-24-16(21)10-9-15(20)23-2/h4-10,14H,3,11-12H2,1-2H3,(H2,18,19,22)/b10-9+/t14-/m0/s1. The van der Waals surface area contributed by atoms with Gasteiger partial charge in [-0.3, -0.25) is 0 Å². The van der Waals surface area contributed by atoms with Gasteiger partial charge in [0.15, 0.2) is 0 Å². The molecule has 0 saturated heterocycles. The number of amides is 2. The molecule has 0 heterocycles. The quantitative estimate of drug-likeness (QED) is 0.550. The molecule has 2 amide bonds. The highest BCUT2D eigenvalue weighted by Crippen LogP contribution is 2.04. The maximum atomic E-state index is 11.7. The van der Waals surface area contributed by atoms with Crippen LogP contribution in [-0.4, -0.2) is 44.3 Å². The maximum absolute atomic E-state index is 11.7. The van der Waals surface area contributed by atoms with Gasteiger partial charge >= 0.3 is 18.0 Å². The van der Waals surface area contributed by atoms with E-state index in [0.29, 0.717) is 13.0 Å². The Morgan fingerprint density at radius 3 is 2.42 bits per heavy atom. The summed E-state index contributed by atoms with van der Waals surface area (Å²) in [6, 6.07) is 8.80. The monoisotopic (exact) mass is 334 g/mol. The number of nitrogens with one attached hydrogen (secondary N) is 2. The van der Waals surface area contributed by atoms with Crippen LogP contribution in [0, 0.1) is 0 Å². The fourth-order valence-electron chi connectivity index (χ4n) is 1.88. The smallest absolute Gasteiger partial charge is 0.331 e. The molecule has 1 rings (SSSR count). The lowest BCUT2D eigenvalue weighted by Crippen LogP contribution is -2.45. The highest BCUT2D eigenvalue weighted by atomic mass is 16.5. The Balaban J connectivity index is 2.60. The van der Waals surface area contributed by atoms with E-state index >= 15 is 0 Å². The largest absolute Gasteiger partial charge is 0.466 e. The number of hydrogen-bond donors (Lipinski definition) is 2. The Kier molecular flexibility index (Phi) is 8.67. The van der Waals surface area contributed by atoms with E-state index in [0.717, 1.165) is 17.7 Å². The summed E-state index contributed by atoms with van der Waals surface area (Å²) < 4.78 is 9.46. The van der Waals surface area contributed by atoms with E-state index in [2.05, 4.69) is 15.4 Å². The molecule has 7 nitrogen and oxygen atoms in total. The molecule has 24 heavy (non-hydrogen) atoms. The minimum absolute atomic E-state index is 0.0175. The number of hydrogen-bond acceptors (Lipinski definition) is 5. The molecule has 0 fully saturated rings.